The fraction of sp³-hybridized carbons (Fsp3) is 1.00. The zero-order valence-corrected chi connectivity index (χ0v) is 8.96. The van der Waals surface area contributed by atoms with Gasteiger partial charge in [0, 0.05) is 12.6 Å². The molecule has 8 heteroatoms. The second-order valence-corrected chi connectivity index (χ2v) is 5.67. The quantitative estimate of drug-likeness (QED) is 0.374. The largest absolute Gasteiger partial charge is 0.390 e. The first-order valence-corrected chi connectivity index (χ1v) is 6.51. The SMILES string of the molecule is NP(=O)(O)CC[C@@H]1C[C@H](O)[C@H](O)C(O)O1. The lowest BCUT2D eigenvalue weighted by molar-refractivity contribution is -0.246. The van der Waals surface area contributed by atoms with Crippen LogP contribution in [0.15, 0.2) is 0 Å². The molecule has 0 aromatic carbocycles. The van der Waals surface area contributed by atoms with E-state index in [2.05, 4.69) is 0 Å². The van der Waals surface area contributed by atoms with Crippen molar-refractivity contribution in [1.29, 1.82) is 0 Å². The van der Waals surface area contributed by atoms with E-state index < -0.39 is 32.1 Å². The third-order valence-corrected chi connectivity index (χ3v) is 3.19. The third-order valence-electron chi connectivity index (χ3n) is 2.29. The topological polar surface area (TPSA) is 133 Å². The average Bonchev–Trinajstić information content (AvgIpc) is 2.09. The first-order valence-electron chi connectivity index (χ1n) is 4.59. The molecule has 0 aliphatic carbocycles. The van der Waals surface area contributed by atoms with E-state index in [-0.39, 0.29) is 19.0 Å². The van der Waals surface area contributed by atoms with Gasteiger partial charge in [0.25, 0.3) is 7.52 Å². The second kappa shape index (κ2) is 4.88. The maximum absolute atomic E-state index is 10.8. The molecule has 1 heterocycles. The smallest absolute Gasteiger partial charge is 0.264 e. The Bertz CT molecular complexity index is 244. The van der Waals surface area contributed by atoms with Gasteiger partial charge in [0.2, 0.25) is 0 Å². The van der Waals surface area contributed by atoms with Gasteiger partial charge in [-0.05, 0) is 6.42 Å². The molecule has 0 radical (unpaired) electrons. The molecule has 1 aliphatic heterocycles. The van der Waals surface area contributed by atoms with E-state index in [0.29, 0.717) is 0 Å². The summed E-state index contributed by atoms with van der Waals surface area (Å²) in [4.78, 5) is 8.84. The first kappa shape index (κ1) is 13.1. The Morgan fingerprint density at radius 2 is 2.00 bits per heavy atom. The van der Waals surface area contributed by atoms with Crippen molar-refractivity contribution >= 4 is 7.52 Å². The summed E-state index contributed by atoms with van der Waals surface area (Å²) in [6.45, 7) is 0. The molecule has 90 valence electrons. The molecule has 0 aromatic heterocycles. The van der Waals surface area contributed by atoms with Gasteiger partial charge in [-0.2, -0.15) is 0 Å². The average molecular weight is 241 g/mol. The normalized spacial score (nSPS) is 41.1. The summed E-state index contributed by atoms with van der Waals surface area (Å²) < 4.78 is 15.7. The number of hydrogen-bond donors (Lipinski definition) is 5. The van der Waals surface area contributed by atoms with Crippen molar-refractivity contribution in [1.82, 2.24) is 0 Å². The molecular formula is C7H16NO6P. The standard InChI is InChI=1S/C7H16NO6P/c8-15(12,13)2-1-4-3-5(9)6(10)7(11)14-4/h4-7,9-11H,1-3H2,(H3,8,12,13)/t4-,5+,6+,7?/m1/s1. The number of aliphatic hydroxyl groups excluding tert-OH is 3. The Morgan fingerprint density at radius 3 is 2.47 bits per heavy atom. The highest BCUT2D eigenvalue weighted by molar-refractivity contribution is 7.55. The lowest BCUT2D eigenvalue weighted by Crippen LogP contribution is -2.48. The number of hydrogen-bond acceptors (Lipinski definition) is 5. The van der Waals surface area contributed by atoms with Crippen LogP contribution in [0.5, 0.6) is 0 Å². The van der Waals surface area contributed by atoms with Crippen LogP contribution in [0.3, 0.4) is 0 Å². The van der Waals surface area contributed by atoms with Crippen LogP contribution in [-0.2, 0) is 9.30 Å². The van der Waals surface area contributed by atoms with Gasteiger partial charge in [-0.1, -0.05) is 0 Å². The van der Waals surface area contributed by atoms with Crippen LogP contribution in [-0.4, -0.2) is 51.0 Å². The molecule has 0 bridgehead atoms. The van der Waals surface area contributed by atoms with E-state index in [4.69, 9.17) is 25.3 Å². The molecule has 0 saturated carbocycles. The van der Waals surface area contributed by atoms with E-state index in [0.717, 1.165) is 0 Å². The lowest BCUT2D eigenvalue weighted by Gasteiger charge is -2.34. The minimum Gasteiger partial charge on any atom is -0.390 e. The zero-order valence-electron chi connectivity index (χ0n) is 8.06. The molecule has 0 aromatic rings. The number of ether oxygens (including phenoxy) is 1. The van der Waals surface area contributed by atoms with Crippen LogP contribution in [0.25, 0.3) is 0 Å². The second-order valence-electron chi connectivity index (χ2n) is 3.71. The van der Waals surface area contributed by atoms with Gasteiger partial charge < -0.3 is 24.9 Å². The maximum atomic E-state index is 10.8. The van der Waals surface area contributed by atoms with Crippen LogP contribution >= 0.6 is 7.52 Å². The van der Waals surface area contributed by atoms with Crippen molar-refractivity contribution in [2.75, 3.05) is 6.16 Å². The Morgan fingerprint density at radius 1 is 1.40 bits per heavy atom. The number of aliphatic hydroxyl groups is 3. The zero-order chi connectivity index (χ0) is 11.6. The summed E-state index contributed by atoms with van der Waals surface area (Å²) in [5.41, 5.74) is 4.93. The summed E-state index contributed by atoms with van der Waals surface area (Å²) in [5, 5.41) is 27.6. The minimum atomic E-state index is -3.59. The van der Waals surface area contributed by atoms with Crippen LogP contribution in [0.4, 0.5) is 0 Å². The van der Waals surface area contributed by atoms with Crippen LogP contribution in [0, 0.1) is 0 Å². The van der Waals surface area contributed by atoms with Gasteiger partial charge >= 0.3 is 0 Å². The predicted molar refractivity (Wildman–Crippen MR) is 51.0 cm³/mol. The first-order chi connectivity index (χ1) is 6.79. The third kappa shape index (κ3) is 4.16. The van der Waals surface area contributed by atoms with Gasteiger partial charge in [-0.25, -0.2) is 0 Å². The van der Waals surface area contributed by atoms with E-state index in [1.54, 1.807) is 0 Å². The predicted octanol–water partition coefficient (Wildman–Crippen LogP) is -1.65. The van der Waals surface area contributed by atoms with Crippen LogP contribution in [0.2, 0.25) is 0 Å². The molecule has 5 atom stereocenters. The highest BCUT2D eigenvalue weighted by atomic mass is 31.2. The highest BCUT2D eigenvalue weighted by Gasteiger charge is 2.35. The highest BCUT2D eigenvalue weighted by Crippen LogP contribution is 2.33. The fourth-order valence-electron chi connectivity index (χ4n) is 1.45. The summed E-state index contributed by atoms with van der Waals surface area (Å²) in [6, 6.07) is 0. The Hall–Kier alpha value is -0.0100. The Labute approximate surface area is 87.0 Å². The summed E-state index contributed by atoms with van der Waals surface area (Å²) in [7, 11) is -3.59. The van der Waals surface area contributed by atoms with Gasteiger partial charge in [0.15, 0.2) is 6.29 Å². The van der Waals surface area contributed by atoms with E-state index in [1.807, 2.05) is 0 Å². The van der Waals surface area contributed by atoms with Gasteiger partial charge in [-0.3, -0.25) is 10.1 Å². The molecule has 1 aliphatic rings. The molecule has 6 N–H and O–H groups in total. The van der Waals surface area contributed by atoms with Crippen molar-refractivity contribution in [3.05, 3.63) is 0 Å². The molecular weight excluding hydrogens is 225 g/mol. The van der Waals surface area contributed by atoms with E-state index in [9.17, 15) is 9.67 Å². The summed E-state index contributed by atoms with van der Waals surface area (Å²) in [5.74, 6) is 0. The van der Waals surface area contributed by atoms with E-state index in [1.165, 1.54) is 0 Å². The maximum Gasteiger partial charge on any atom is 0.264 e. The van der Waals surface area contributed by atoms with Gasteiger partial charge in [0.05, 0.1) is 12.2 Å². The molecule has 7 nitrogen and oxygen atoms in total. The van der Waals surface area contributed by atoms with Crippen molar-refractivity contribution in [2.24, 2.45) is 5.50 Å². The van der Waals surface area contributed by atoms with Crippen molar-refractivity contribution < 1.29 is 29.5 Å². The number of nitrogens with two attached hydrogens (primary N) is 1. The molecule has 15 heavy (non-hydrogen) atoms. The Kier molecular flexibility index (Phi) is 4.25. The summed E-state index contributed by atoms with van der Waals surface area (Å²) >= 11 is 0. The summed E-state index contributed by atoms with van der Waals surface area (Å²) in [6.07, 6.45) is -4.33. The molecule has 1 rings (SSSR count). The molecule has 1 fully saturated rings. The van der Waals surface area contributed by atoms with E-state index >= 15 is 0 Å². The minimum absolute atomic E-state index is 0.109. The molecule has 0 spiro atoms. The molecule has 2 unspecified atom stereocenters. The van der Waals surface area contributed by atoms with Crippen LogP contribution in [0.1, 0.15) is 12.8 Å². The molecule has 0 amide bonds. The fourth-order valence-corrected chi connectivity index (χ4v) is 2.10. The van der Waals surface area contributed by atoms with Gasteiger partial charge in [0.1, 0.15) is 6.10 Å². The van der Waals surface area contributed by atoms with Crippen molar-refractivity contribution in [3.8, 4) is 0 Å². The Balaban J connectivity index is 2.42. The monoisotopic (exact) mass is 241 g/mol. The lowest BCUT2D eigenvalue weighted by atomic mass is 10.0. The molecule has 1 saturated heterocycles. The number of rotatable bonds is 3. The van der Waals surface area contributed by atoms with Crippen LogP contribution < -0.4 is 5.50 Å². The van der Waals surface area contributed by atoms with Crippen molar-refractivity contribution in [2.45, 2.75) is 37.4 Å². The van der Waals surface area contributed by atoms with Gasteiger partial charge in [-0.15, -0.1) is 0 Å². The van der Waals surface area contributed by atoms with Crippen molar-refractivity contribution in [3.63, 3.8) is 0 Å².